The van der Waals surface area contributed by atoms with Gasteiger partial charge in [-0.05, 0) is 0 Å². The van der Waals surface area contributed by atoms with Gasteiger partial charge in [0.1, 0.15) is 36.8 Å². The number of rotatable bonds is 3. The van der Waals surface area contributed by atoms with E-state index in [1.165, 1.54) is 24.1 Å². The Hall–Kier alpha value is -2.30. The maximum Gasteiger partial charge on any atom is 0.302 e. The Morgan fingerprint density at radius 3 is 2.91 bits per heavy atom. The molecule has 3 heterocycles. The number of nitrogen functional groups attached to an aromatic ring is 1. The summed E-state index contributed by atoms with van der Waals surface area (Å²) in [6.45, 7) is 1.09. The lowest BCUT2D eigenvalue weighted by Crippen LogP contribution is -2.34. The van der Waals surface area contributed by atoms with Crippen LogP contribution in [0.1, 0.15) is 13.2 Å². The van der Waals surface area contributed by atoms with Crippen LogP contribution in [0, 0.1) is 0 Å². The van der Waals surface area contributed by atoms with Crippen LogP contribution in [0.15, 0.2) is 12.7 Å². The molecule has 0 saturated carbocycles. The number of hydrogen-bond donors (Lipinski definition) is 3. The molecule has 0 amide bonds. The summed E-state index contributed by atoms with van der Waals surface area (Å²) >= 11 is 0. The van der Waals surface area contributed by atoms with Crippen molar-refractivity contribution in [3.8, 4) is 0 Å². The second kappa shape index (κ2) is 5.48. The van der Waals surface area contributed by atoms with Crippen molar-refractivity contribution in [1.82, 2.24) is 19.5 Å². The summed E-state index contributed by atoms with van der Waals surface area (Å²) < 4.78 is 11.8. The molecule has 0 radical (unpaired) electrons. The SMILES string of the molecule is CC(=O)OCC1O[C@@H](n2cnc3c(N)ncnc32)[C@H](O)[C@@H]1O. The zero-order valence-corrected chi connectivity index (χ0v) is 11.7. The van der Waals surface area contributed by atoms with Gasteiger partial charge in [-0.15, -0.1) is 0 Å². The van der Waals surface area contributed by atoms with Gasteiger partial charge in [-0.2, -0.15) is 0 Å². The molecule has 0 bridgehead atoms. The van der Waals surface area contributed by atoms with Crippen LogP contribution in [0.3, 0.4) is 0 Å². The Balaban J connectivity index is 1.87. The van der Waals surface area contributed by atoms with E-state index in [9.17, 15) is 15.0 Å². The number of ether oxygens (including phenoxy) is 2. The zero-order chi connectivity index (χ0) is 15.9. The van der Waals surface area contributed by atoms with E-state index in [-0.39, 0.29) is 12.4 Å². The van der Waals surface area contributed by atoms with Crippen LogP contribution in [0.2, 0.25) is 0 Å². The highest BCUT2D eigenvalue weighted by molar-refractivity contribution is 5.81. The standard InChI is InChI=1S/C12H15N5O5/c1-5(18)21-2-6-8(19)9(20)12(22-6)17-4-16-7-10(13)14-3-15-11(7)17/h3-4,6,8-9,12,19-20H,2H2,1H3,(H2,13,14,15)/t6?,8-,9-,12-/m1/s1. The molecule has 22 heavy (non-hydrogen) atoms. The molecule has 1 saturated heterocycles. The van der Waals surface area contributed by atoms with Gasteiger partial charge in [-0.1, -0.05) is 0 Å². The van der Waals surface area contributed by atoms with Gasteiger partial charge in [0.2, 0.25) is 0 Å². The Morgan fingerprint density at radius 2 is 2.18 bits per heavy atom. The number of nitrogens with zero attached hydrogens (tertiary/aromatic N) is 4. The monoisotopic (exact) mass is 309 g/mol. The second-order valence-corrected chi connectivity index (χ2v) is 4.93. The van der Waals surface area contributed by atoms with Gasteiger partial charge in [-0.3, -0.25) is 9.36 Å². The molecule has 0 spiro atoms. The first kappa shape index (κ1) is 14.6. The van der Waals surface area contributed by atoms with Gasteiger partial charge in [0, 0.05) is 6.92 Å². The third kappa shape index (κ3) is 2.36. The van der Waals surface area contributed by atoms with Gasteiger partial charge in [-0.25, -0.2) is 15.0 Å². The van der Waals surface area contributed by atoms with Gasteiger partial charge in [0.15, 0.2) is 17.7 Å². The maximum absolute atomic E-state index is 10.8. The van der Waals surface area contributed by atoms with E-state index in [0.29, 0.717) is 11.2 Å². The van der Waals surface area contributed by atoms with Crippen LogP contribution in [0.4, 0.5) is 5.82 Å². The predicted molar refractivity (Wildman–Crippen MR) is 72.3 cm³/mol. The molecule has 1 aliphatic heterocycles. The first-order valence-electron chi connectivity index (χ1n) is 6.57. The van der Waals surface area contributed by atoms with Crippen molar-refractivity contribution >= 4 is 23.0 Å². The first-order valence-corrected chi connectivity index (χ1v) is 6.57. The smallest absolute Gasteiger partial charge is 0.302 e. The van der Waals surface area contributed by atoms with E-state index in [2.05, 4.69) is 15.0 Å². The summed E-state index contributed by atoms with van der Waals surface area (Å²) in [5.74, 6) is -0.296. The number of fused-ring (bicyclic) bond motifs is 1. The predicted octanol–water partition coefficient (Wildman–Crippen LogP) is -1.41. The van der Waals surface area contributed by atoms with E-state index in [1.54, 1.807) is 0 Å². The number of carbonyl (C=O) groups is 1. The fourth-order valence-corrected chi connectivity index (χ4v) is 2.35. The molecular formula is C12H15N5O5. The van der Waals surface area contributed by atoms with Gasteiger partial charge in [0.25, 0.3) is 0 Å². The van der Waals surface area contributed by atoms with Crippen LogP contribution in [0.5, 0.6) is 0 Å². The zero-order valence-electron chi connectivity index (χ0n) is 11.7. The second-order valence-electron chi connectivity index (χ2n) is 4.93. The third-order valence-corrected chi connectivity index (χ3v) is 3.45. The van der Waals surface area contributed by atoms with Gasteiger partial charge in [0.05, 0.1) is 6.33 Å². The largest absolute Gasteiger partial charge is 0.463 e. The minimum atomic E-state index is -1.23. The van der Waals surface area contributed by atoms with E-state index in [4.69, 9.17) is 15.2 Å². The van der Waals surface area contributed by atoms with Crippen molar-refractivity contribution in [2.24, 2.45) is 0 Å². The molecule has 10 heteroatoms. The van der Waals surface area contributed by atoms with Crippen molar-refractivity contribution in [2.75, 3.05) is 12.3 Å². The summed E-state index contributed by atoms with van der Waals surface area (Å²) in [6.07, 6.45) is -1.54. The van der Waals surface area contributed by atoms with Crippen molar-refractivity contribution in [2.45, 2.75) is 31.5 Å². The fraction of sp³-hybridized carbons (Fsp3) is 0.500. The number of aromatic nitrogens is 4. The average Bonchev–Trinajstić information content (AvgIpc) is 3.01. The van der Waals surface area contributed by atoms with Crippen LogP contribution >= 0.6 is 0 Å². The van der Waals surface area contributed by atoms with Gasteiger partial charge < -0.3 is 25.4 Å². The highest BCUT2D eigenvalue weighted by Gasteiger charge is 2.44. The molecule has 10 nitrogen and oxygen atoms in total. The number of hydrogen-bond acceptors (Lipinski definition) is 9. The van der Waals surface area contributed by atoms with Crippen molar-refractivity contribution in [3.63, 3.8) is 0 Å². The minimum Gasteiger partial charge on any atom is -0.463 e. The molecule has 0 aliphatic carbocycles. The molecule has 4 atom stereocenters. The number of aliphatic hydroxyl groups is 2. The van der Waals surface area contributed by atoms with E-state index >= 15 is 0 Å². The number of anilines is 1. The van der Waals surface area contributed by atoms with Crippen LogP contribution in [-0.2, 0) is 14.3 Å². The number of carbonyl (C=O) groups excluding carboxylic acids is 1. The lowest BCUT2D eigenvalue weighted by Gasteiger charge is -2.16. The summed E-state index contributed by atoms with van der Waals surface area (Å²) in [4.78, 5) is 22.8. The summed E-state index contributed by atoms with van der Waals surface area (Å²) in [5.41, 5.74) is 6.44. The summed E-state index contributed by atoms with van der Waals surface area (Å²) in [6, 6.07) is 0. The molecule has 1 aliphatic rings. The average molecular weight is 309 g/mol. The normalized spacial score (nSPS) is 28.1. The molecule has 2 aromatic heterocycles. The van der Waals surface area contributed by atoms with Crippen molar-refractivity contribution in [1.29, 1.82) is 0 Å². The Bertz CT molecular complexity index is 704. The van der Waals surface area contributed by atoms with Crippen LogP contribution in [-0.4, -0.2) is 60.6 Å². The molecule has 118 valence electrons. The number of esters is 1. The Kier molecular flexibility index (Phi) is 3.64. The number of aliphatic hydroxyl groups excluding tert-OH is 2. The minimum absolute atomic E-state index is 0.159. The van der Waals surface area contributed by atoms with E-state index in [1.807, 2.05) is 0 Å². The molecular weight excluding hydrogens is 294 g/mol. The quantitative estimate of drug-likeness (QED) is 0.582. The van der Waals surface area contributed by atoms with Crippen molar-refractivity contribution < 1.29 is 24.5 Å². The number of nitrogens with two attached hydrogens (primary N) is 1. The molecule has 3 rings (SSSR count). The molecule has 1 unspecified atom stereocenters. The maximum atomic E-state index is 10.8. The van der Waals surface area contributed by atoms with Crippen LogP contribution in [0.25, 0.3) is 11.2 Å². The molecule has 0 aromatic carbocycles. The van der Waals surface area contributed by atoms with Gasteiger partial charge >= 0.3 is 5.97 Å². The summed E-state index contributed by atoms with van der Waals surface area (Å²) in [7, 11) is 0. The fourth-order valence-electron chi connectivity index (χ4n) is 2.35. The molecule has 2 aromatic rings. The Morgan fingerprint density at radius 1 is 1.41 bits per heavy atom. The highest BCUT2D eigenvalue weighted by Crippen LogP contribution is 2.32. The lowest BCUT2D eigenvalue weighted by atomic mass is 10.1. The van der Waals surface area contributed by atoms with Crippen molar-refractivity contribution in [3.05, 3.63) is 12.7 Å². The van der Waals surface area contributed by atoms with Crippen LogP contribution < -0.4 is 5.73 Å². The van der Waals surface area contributed by atoms with E-state index < -0.39 is 30.5 Å². The number of imidazole rings is 1. The lowest BCUT2D eigenvalue weighted by molar-refractivity contribution is -0.147. The van der Waals surface area contributed by atoms with E-state index in [0.717, 1.165) is 0 Å². The first-order chi connectivity index (χ1) is 10.5. The topological polar surface area (TPSA) is 146 Å². The molecule has 4 N–H and O–H groups in total. The highest BCUT2D eigenvalue weighted by atomic mass is 16.6. The summed E-state index contributed by atoms with van der Waals surface area (Å²) in [5, 5.41) is 20.2. The molecule has 1 fully saturated rings. The third-order valence-electron chi connectivity index (χ3n) is 3.45. The Labute approximate surface area is 124 Å².